The molecule has 0 unspecified atom stereocenters. The predicted octanol–water partition coefficient (Wildman–Crippen LogP) is 1.68. The Morgan fingerprint density at radius 1 is 1.36 bits per heavy atom. The van der Waals surface area contributed by atoms with Gasteiger partial charge in [0.05, 0.1) is 5.56 Å². The maximum atomic E-state index is 12.5. The van der Waals surface area contributed by atoms with E-state index in [1.54, 1.807) is 6.07 Å². The van der Waals surface area contributed by atoms with Gasteiger partial charge in [-0.25, -0.2) is 4.39 Å². The van der Waals surface area contributed by atoms with E-state index >= 15 is 0 Å². The van der Waals surface area contributed by atoms with Crippen molar-refractivity contribution in [3.05, 3.63) is 35.1 Å². The summed E-state index contributed by atoms with van der Waals surface area (Å²) in [6.07, 6.45) is 5.05. The Hall–Kier alpha value is -1.80. The molecule has 11 heavy (non-hydrogen) atoms. The van der Waals surface area contributed by atoms with Crippen molar-refractivity contribution >= 4 is 0 Å². The molecule has 1 nitrogen and oxygen atoms in total. The van der Waals surface area contributed by atoms with Crippen LogP contribution in [0.25, 0.3) is 0 Å². The van der Waals surface area contributed by atoms with Gasteiger partial charge in [-0.1, -0.05) is 5.92 Å². The molecule has 0 amide bonds. The zero-order valence-corrected chi connectivity index (χ0v) is 5.63. The third-order valence-electron chi connectivity index (χ3n) is 1.26. The van der Waals surface area contributed by atoms with Gasteiger partial charge in [0.25, 0.3) is 0 Å². The van der Waals surface area contributed by atoms with Gasteiger partial charge in [0.15, 0.2) is 0 Å². The number of hydrogen-bond donors (Lipinski definition) is 0. The molecule has 0 aromatic heterocycles. The van der Waals surface area contributed by atoms with Crippen molar-refractivity contribution in [1.82, 2.24) is 0 Å². The van der Waals surface area contributed by atoms with Crippen molar-refractivity contribution in [2.75, 3.05) is 0 Å². The molecule has 1 aromatic rings. The standard InChI is InChI=1S/C9H4FN/c1-2-7-3-4-9(10)5-8(7)6-11/h1,3-5H. The number of halogens is 1. The minimum atomic E-state index is -0.444. The minimum absolute atomic E-state index is 0.201. The van der Waals surface area contributed by atoms with E-state index in [1.807, 2.05) is 0 Å². The molecule has 0 saturated carbocycles. The van der Waals surface area contributed by atoms with E-state index in [0.717, 1.165) is 6.07 Å². The predicted molar refractivity (Wildman–Crippen MR) is 39.1 cm³/mol. The van der Waals surface area contributed by atoms with Gasteiger partial charge in [0.1, 0.15) is 11.9 Å². The number of benzene rings is 1. The molecule has 0 saturated heterocycles. The van der Waals surface area contributed by atoms with Crippen LogP contribution in [0.3, 0.4) is 0 Å². The lowest BCUT2D eigenvalue weighted by molar-refractivity contribution is 0.627. The van der Waals surface area contributed by atoms with Gasteiger partial charge in [-0.3, -0.25) is 0 Å². The summed E-state index contributed by atoms with van der Waals surface area (Å²) in [4.78, 5) is 0. The highest BCUT2D eigenvalue weighted by atomic mass is 19.1. The molecule has 0 aliphatic carbocycles. The molecular formula is C9H4FN. The molecule has 0 N–H and O–H groups in total. The number of nitrogens with zero attached hydrogens (tertiary/aromatic N) is 1. The number of rotatable bonds is 0. The molecule has 2 heteroatoms. The number of terminal acetylenes is 1. The number of hydrogen-bond acceptors (Lipinski definition) is 1. The van der Waals surface area contributed by atoms with Gasteiger partial charge in [-0.15, -0.1) is 6.42 Å². The fraction of sp³-hybridized carbons (Fsp3) is 0. The molecular weight excluding hydrogens is 141 g/mol. The quantitative estimate of drug-likeness (QED) is 0.509. The van der Waals surface area contributed by atoms with E-state index in [-0.39, 0.29) is 5.56 Å². The molecule has 0 radical (unpaired) electrons. The van der Waals surface area contributed by atoms with Crippen molar-refractivity contribution in [3.8, 4) is 18.4 Å². The SMILES string of the molecule is C#Cc1ccc(F)cc1C#N. The van der Waals surface area contributed by atoms with Crippen LogP contribution in [-0.4, -0.2) is 0 Å². The minimum Gasteiger partial charge on any atom is -0.207 e. The first-order valence-electron chi connectivity index (χ1n) is 2.94. The van der Waals surface area contributed by atoms with Crippen molar-refractivity contribution in [1.29, 1.82) is 5.26 Å². The zero-order chi connectivity index (χ0) is 8.27. The second-order valence-electron chi connectivity index (χ2n) is 1.95. The van der Waals surface area contributed by atoms with Crippen LogP contribution in [0.2, 0.25) is 0 Å². The fourth-order valence-electron chi connectivity index (χ4n) is 0.735. The molecule has 0 atom stereocenters. The highest BCUT2D eigenvalue weighted by molar-refractivity contribution is 5.46. The largest absolute Gasteiger partial charge is 0.207 e. The highest BCUT2D eigenvalue weighted by Crippen LogP contribution is 2.08. The van der Waals surface area contributed by atoms with Crippen LogP contribution in [0, 0.1) is 29.5 Å². The molecule has 0 aliphatic heterocycles. The lowest BCUT2D eigenvalue weighted by atomic mass is 10.1. The maximum absolute atomic E-state index is 12.5. The Labute approximate surface area is 64.1 Å². The molecule has 1 aromatic carbocycles. The molecule has 0 heterocycles. The summed E-state index contributed by atoms with van der Waals surface area (Å²) >= 11 is 0. The molecule has 0 bridgehead atoms. The Kier molecular flexibility index (Phi) is 1.90. The number of nitriles is 1. The lowest BCUT2D eigenvalue weighted by Gasteiger charge is -1.93. The van der Waals surface area contributed by atoms with E-state index in [2.05, 4.69) is 5.92 Å². The smallest absolute Gasteiger partial charge is 0.124 e. The first-order valence-corrected chi connectivity index (χ1v) is 2.94. The third kappa shape index (κ3) is 1.36. The van der Waals surface area contributed by atoms with E-state index in [0.29, 0.717) is 5.56 Å². The third-order valence-corrected chi connectivity index (χ3v) is 1.26. The fourth-order valence-corrected chi connectivity index (χ4v) is 0.735. The monoisotopic (exact) mass is 145 g/mol. The van der Waals surface area contributed by atoms with E-state index in [1.165, 1.54) is 12.1 Å². The molecule has 0 spiro atoms. The van der Waals surface area contributed by atoms with Crippen molar-refractivity contribution < 1.29 is 4.39 Å². The van der Waals surface area contributed by atoms with Crippen LogP contribution in [0.15, 0.2) is 18.2 Å². The Bertz CT molecular complexity index is 355. The van der Waals surface area contributed by atoms with Crippen LogP contribution >= 0.6 is 0 Å². The molecule has 1 rings (SSSR count). The summed E-state index contributed by atoms with van der Waals surface area (Å²) in [7, 11) is 0. The Balaban J connectivity index is 3.34. The summed E-state index contributed by atoms with van der Waals surface area (Å²) in [5, 5.41) is 8.46. The van der Waals surface area contributed by atoms with Crippen LogP contribution in [0.5, 0.6) is 0 Å². The first kappa shape index (κ1) is 7.31. The van der Waals surface area contributed by atoms with Gasteiger partial charge in [-0.2, -0.15) is 5.26 Å². The summed E-state index contributed by atoms with van der Waals surface area (Å²) in [5.41, 5.74) is 0.626. The Morgan fingerprint density at radius 2 is 2.09 bits per heavy atom. The van der Waals surface area contributed by atoms with E-state index < -0.39 is 5.82 Å². The lowest BCUT2D eigenvalue weighted by Crippen LogP contribution is -1.84. The second kappa shape index (κ2) is 2.86. The van der Waals surface area contributed by atoms with Crippen LogP contribution < -0.4 is 0 Å². The van der Waals surface area contributed by atoms with Gasteiger partial charge >= 0.3 is 0 Å². The average Bonchev–Trinajstić information content (AvgIpc) is 2.04. The normalized spacial score (nSPS) is 8.27. The van der Waals surface area contributed by atoms with Gasteiger partial charge in [0, 0.05) is 5.56 Å². The van der Waals surface area contributed by atoms with Crippen LogP contribution in [0.4, 0.5) is 4.39 Å². The van der Waals surface area contributed by atoms with Crippen molar-refractivity contribution in [2.24, 2.45) is 0 Å². The van der Waals surface area contributed by atoms with E-state index in [4.69, 9.17) is 11.7 Å². The van der Waals surface area contributed by atoms with Crippen LogP contribution in [0.1, 0.15) is 11.1 Å². The topological polar surface area (TPSA) is 23.8 Å². The average molecular weight is 145 g/mol. The summed E-state index contributed by atoms with van der Waals surface area (Å²) in [5.74, 6) is 1.84. The second-order valence-corrected chi connectivity index (χ2v) is 1.95. The first-order chi connectivity index (χ1) is 5.27. The zero-order valence-electron chi connectivity index (χ0n) is 5.63. The summed E-state index contributed by atoms with van der Waals surface area (Å²) in [6.45, 7) is 0. The van der Waals surface area contributed by atoms with Gasteiger partial charge in [-0.05, 0) is 18.2 Å². The molecule has 52 valence electrons. The van der Waals surface area contributed by atoms with Gasteiger partial charge in [0.2, 0.25) is 0 Å². The summed E-state index contributed by atoms with van der Waals surface area (Å²) in [6, 6.07) is 5.57. The summed E-state index contributed by atoms with van der Waals surface area (Å²) < 4.78 is 12.5. The Morgan fingerprint density at radius 3 is 2.64 bits per heavy atom. The van der Waals surface area contributed by atoms with Crippen molar-refractivity contribution in [2.45, 2.75) is 0 Å². The highest BCUT2D eigenvalue weighted by Gasteiger charge is 1.99. The molecule has 0 aliphatic rings. The van der Waals surface area contributed by atoms with Gasteiger partial charge < -0.3 is 0 Å². The van der Waals surface area contributed by atoms with Crippen LogP contribution in [-0.2, 0) is 0 Å². The maximum Gasteiger partial charge on any atom is 0.124 e. The molecule has 0 fully saturated rings. The van der Waals surface area contributed by atoms with E-state index in [9.17, 15) is 4.39 Å². The van der Waals surface area contributed by atoms with Crippen molar-refractivity contribution in [3.63, 3.8) is 0 Å².